The number of rotatable bonds is 20. The Morgan fingerprint density at radius 2 is 1.20 bits per heavy atom. The molecule has 15 heteroatoms. The zero-order valence-corrected chi connectivity index (χ0v) is 39.4. The summed E-state index contributed by atoms with van der Waals surface area (Å²) < 4.78 is 63.6. The molecule has 2 aliphatic rings. The standard InChI is InChI=1S/C51H67NO14/c1-10-11-21-28-58-45-39(52-49(56)60-31-37-26-19-14-20-27-37)42(41(62-34(3)53)38(63-45)32-57-29-35-22-15-12-16-23-35)64-46-44(59-30-36-24-17-13-18-25-36)43(66-48(55)51(7,8)9)40(33(2)61-46)65-47(54)50(4,5)6/h10,12-20,22-27,33,38-46H,1,11,21,28-32H2,2-9H3,(H,52,56)/t33-,38+,39+,40+,41+,42+,43+,44-,45+,46-/m0/s1. The fourth-order valence-corrected chi connectivity index (χ4v) is 7.10. The first-order valence-electron chi connectivity index (χ1n) is 22.5. The van der Waals surface area contributed by atoms with E-state index in [0.717, 1.165) is 16.7 Å². The molecule has 2 heterocycles. The molecular formula is C51H67NO14. The summed E-state index contributed by atoms with van der Waals surface area (Å²) in [5.74, 6) is -1.84. The Balaban J connectivity index is 1.60. The van der Waals surface area contributed by atoms with E-state index in [9.17, 15) is 19.2 Å². The molecule has 0 aliphatic carbocycles. The average Bonchev–Trinajstić information content (AvgIpc) is 3.27. The van der Waals surface area contributed by atoms with Gasteiger partial charge in [0, 0.05) is 6.92 Å². The molecule has 2 fully saturated rings. The molecule has 0 radical (unpaired) electrons. The van der Waals surface area contributed by atoms with Crippen LogP contribution in [-0.4, -0.2) is 98.6 Å². The van der Waals surface area contributed by atoms with Crippen molar-refractivity contribution >= 4 is 24.0 Å². The van der Waals surface area contributed by atoms with Crippen LogP contribution in [0.4, 0.5) is 4.79 Å². The number of hydrogen-bond acceptors (Lipinski definition) is 14. The van der Waals surface area contributed by atoms with Crippen molar-refractivity contribution in [1.82, 2.24) is 5.32 Å². The number of esters is 3. The van der Waals surface area contributed by atoms with Crippen molar-refractivity contribution in [2.45, 2.75) is 149 Å². The molecule has 66 heavy (non-hydrogen) atoms. The van der Waals surface area contributed by atoms with E-state index in [2.05, 4.69) is 11.9 Å². The molecule has 0 unspecified atom stereocenters. The summed E-state index contributed by atoms with van der Waals surface area (Å²) in [6.45, 7) is 17.2. The lowest BCUT2D eigenvalue weighted by Crippen LogP contribution is -2.69. The van der Waals surface area contributed by atoms with E-state index >= 15 is 0 Å². The molecule has 360 valence electrons. The number of allylic oxidation sites excluding steroid dienone is 1. The number of hydrogen-bond donors (Lipinski definition) is 1. The number of ether oxygens (including phenoxy) is 10. The van der Waals surface area contributed by atoms with E-state index in [0.29, 0.717) is 12.8 Å². The molecule has 3 aromatic rings. The molecule has 10 atom stereocenters. The number of nitrogens with one attached hydrogen (secondary N) is 1. The number of alkyl carbamates (subject to hydrolysis) is 1. The van der Waals surface area contributed by atoms with Gasteiger partial charge in [0.25, 0.3) is 0 Å². The van der Waals surface area contributed by atoms with Crippen LogP contribution in [0, 0.1) is 10.8 Å². The highest BCUT2D eigenvalue weighted by atomic mass is 16.7. The van der Waals surface area contributed by atoms with Crippen molar-refractivity contribution in [3.05, 3.63) is 120 Å². The van der Waals surface area contributed by atoms with Crippen molar-refractivity contribution in [2.24, 2.45) is 10.8 Å². The largest absolute Gasteiger partial charge is 0.457 e. The first-order valence-corrected chi connectivity index (χ1v) is 22.5. The van der Waals surface area contributed by atoms with Crippen LogP contribution < -0.4 is 5.32 Å². The third-order valence-electron chi connectivity index (χ3n) is 10.7. The smallest absolute Gasteiger partial charge is 0.407 e. The maximum absolute atomic E-state index is 13.9. The second-order valence-electron chi connectivity index (χ2n) is 18.5. The van der Waals surface area contributed by atoms with Gasteiger partial charge in [-0.05, 0) is 78.0 Å². The molecule has 3 aromatic carbocycles. The van der Waals surface area contributed by atoms with E-state index in [1.807, 2.05) is 91.0 Å². The molecule has 0 spiro atoms. The molecule has 0 saturated carbocycles. The molecule has 2 aliphatic heterocycles. The van der Waals surface area contributed by atoms with Crippen LogP contribution in [0.1, 0.15) is 84.9 Å². The van der Waals surface area contributed by atoms with Crippen LogP contribution in [0.25, 0.3) is 0 Å². The van der Waals surface area contributed by atoms with Gasteiger partial charge in [0.05, 0.1) is 43.4 Å². The lowest BCUT2D eigenvalue weighted by Gasteiger charge is -2.49. The fourth-order valence-electron chi connectivity index (χ4n) is 7.10. The second-order valence-corrected chi connectivity index (χ2v) is 18.5. The summed E-state index contributed by atoms with van der Waals surface area (Å²) in [5, 5.41) is 2.88. The molecule has 15 nitrogen and oxygen atoms in total. The van der Waals surface area contributed by atoms with Gasteiger partial charge in [-0.15, -0.1) is 6.58 Å². The van der Waals surface area contributed by atoms with E-state index in [4.69, 9.17) is 47.4 Å². The highest BCUT2D eigenvalue weighted by Gasteiger charge is 2.56. The number of unbranched alkanes of at least 4 members (excludes halogenated alkanes) is 1. The van der Waals surface area contributed by atoms with E-state index in [1.54, 1.807) is 54.5 Å². The van der Waals surface area contributed by atoms with Crippen LogP contribution in [0.2, 0.25) is 0 Å². The highest BCUT2D eigenvalue weighted by molar-refractivity contribution is 5.77. The third kappa shape index (κ3) is 15.5. The maximum atomic E-state index is 13.9. The predicted molar refractivity (Wildman–Crippen MR) is 242 cm³/mol. The SMILES string of the molecule is C=CCCCO[C@@H]1O[C@H](COCc2ccccc2)[C@@H](OC(C)=O)[C@H](O[C@@H]2O[C@@H](C)[C@@H](OC(=O)C(C)(C)C)[C@@H](OC(=O)C(C)(C)C)[C@@H]2OCc2ccccc2)[C@H]1NC(=O)OCc1ccccc1. The van der Waals surface area contributed by atoms with Crippen molar-refractivity contribution < 1.29 is 66.5 Å². The minimum absolute atomic E-state index is 0.00769. The quantitative estimate of drug-likeness (QED) is 0.0504. The Bertz CT molecular complexity index is 1990. The molecule has 1 N–H and O–H groups in total. The van der Waals surface area contributed by atoms with Gasteiger partial charge in [0.2, 0.25) is 0 Å². The Kier molecular flexibility index (Phi) is 19.3. The molecule has 1 amide bonds. The summed E-state index contributed by atoms with van der Waals surface area (Å²) in [7, 11) is 0. The predicted octanol–water partition coefficient (Wildman–Crippen LogP) is 7.77. The lowest BCUT2D eigenvalue weighted by atomic mass is 9.93. The summed E-state index contributed by atoms with van der Waals surface area (Å²) in [6, 6.07) is 26.7. The van der Waals surface area contributed by atoms with Gasteiger partial charge >= 0.3 is 24.0 Å². The normalized spacial score (nSPS) is 25.5. The van der Waals surface area contributed by atoms with Gasteiger partial charge < -0.3 is 52.7 Å². The van der Waals surface area contributed by atoms with Crippen molar-refractivity contribution in [2.75, 3.05) is 13.2 Å². The van der Waals surface area contributed by atoms with Crippen LogP contribution in [-0.2, 0) is 81.6 Å². The monoisotopic (exact) mass is 917 g/mol. The van der Waals surface area contributed by atoms with Crippen molar-refractivity contribution in [3.63, 3.8) is 0 Å². The van der Waals surface area contributed by atoms with E-state index < -0.39 is 96.2 Å². The average molecular weight is 918 g/mol. The Labute approximate surface area is 388 Å². The number of carbonyl (C=O) groups excluding carboxylic acids is 4. The van der Waals surface area contributed by atoms with Gasteiger partial charge in [-0.1, -0.05) is 97.1 Å². The number of carbonyl (C=O) groups is 4. The second kappa shape index (κ2) is 24.6. The Hall–Kier alpha value is -5.16. The maximum Gasteiger partial charge on any atom is 0.407 e. The van der Waals surface area contributed by atoms with Gasteiger partial charge in [0.15, 0.2) is 30.9 Å². The summed E-state index contributed by atoms with van der Waals surface area (Å²) in [5.41, 5.74) is 0.486. The van der Waals surface area contributed by atoms with Gasteiger partial charge in [0.1, 0.15) is 31.0 Å². The minimum Gasteiger partial charge on any atom is -0.457 e. The molecule has 5 rings (SSSR count). The van der Waals surface area contributed by atoms with Gasteiger partial charge in [-0.3, -0.25) is 14.4 Å². The van der Waals surface area contributed by atoms with Gasteiger partial charge in [-0.25, -0.2) is 4.79 Å². The van der Waals surface area contributed by atoms with Crippen LogP contribution in [0.3, 0.4) is 0 Å². The number of amides is 1. The third-order valence-corrected chi connectivity index (χ3v) is 10.7. The van der Waals surface area contributed by atoms with E-state index in [-0.39, 0.29) is 33.0 Å². The summed E-state index contributed by atoms with van der Waals surface area (Å²) in [6.07, 6.45) is -8.84. The first kappa shape index (κ1) is 51.8. The van der Waals surface area contributed by atoms with Gasteiger partial charge in [-0.2, -0.15) is 0 Å². The van der Waals surface area contributed by atoms with Crippen LogP contribution in [0.15, 0.2) is 104 Å². The Morgan fingerprint density at radius 3 is 1.74 bits per heavy atom. The molecule has 2 saturated heterocycles. The minimum atomic E-state index is -1.43. The molecular weight excluding hydrogens is 851 g/mol. The number of benzene rings is 3. The first-order chi connectivity index (χ1) is 31.4. The van der Waals surface area contributed by atoms with Crippen molar-refractivity contribution in [1.29, 1.82) is 0 Å². The molecule has 0 bridgehead atoms. The van der Waals surface area contributed by atoms with E-state index in [1.165, 1.54) is 6.92 Å². The molecule has 0 aromatic heterocycles. The Morgan fingerprint density at radius 1 is 0.652 bits per heavy atom. The summed E-state index contributed by atoms with van der Waals surface area (Å²) >= 11 is 0. The summed E-state index contributed by atoms with van der Waals surface area (Å²) in [4.78, 5) is 54.4. The topological polar surface area (TPSA) is 173 Å². The fraction of sp³-hybridized carbons (Fsp3) is 0.529. The van der Waals surface area contributed by atoms with Crippen LogP contribution >= 0.6 is 0 Å². The lowest BCUT2D eigenvalue weighted by molar-refractivity contribution is -0.349. The highest BCUT2D eigenvalue weighted by Crippen LogP contribution is 2.36. The van der Waals surface area contributed by atoms with Crippen molar-refractivity contribution in [3.8, 4) is 0 Å². The zero-order valence-electron chi connectivity index (χ0n) is 39.4. The zero-order chi connectivity index (χ0) is 47.9. The van der Waals surface area contributed by atoms with Crippen LogP contribution in [0.5, 0.6) is 0 Å².